The molecule has 0 saturated heterocycles. The van der Waals surface area contributed by atoms with Crippen LogP contribution < -0.4 is 5.32 Å². The zero-order valence-corrected chi connectivity index (χ0v) is 21.7. The Morgan fingerprint density at radius 2 is 1.77 bits per heavy atom. The molecule has 35 heavy (non-hydrogen) atoms. The standard InChI is InChI=1S/C25H26Cl2FN3O3S/c1-17-9-12-35-23(17)15-31(14-18-3-5-19(28)6-4-18)24(32)16-30(10-11-34-2)25(33)29-20-7-8-21(26)22(27)13-20/h3-9,12-13H,10-11,14-16H2,1-2H3,(H,29,33). The highest BCUT2D eigenvalue weighted by atomic mass is 35.5. The number of halogens is 3. The maximum absolute atomic E-state index is 13.4. The van der Waals surface area contributed by atoms with Crippen molar-refractivity contribution in [1.29, 1.82) is 0 Å². The van der Waals surface area contributed by atoms with Crippen LogP contribution in [0, 0.1) is 12.7 Å². The monoisotopic (exact) mass is 537 g/mol. The maximum Gasteiger partial charge on any atom is 0.322 e. The van der Waals surface area contributed by atoms with E-state index in [2.05, 4.69) is 5.32 Å². The van der Waals surface area contributed by atoms with Crippen molar-refractivity contribution in [3.63, 3.8) is 0 Å². The molecule has 3 amide bonds. The molecule has 0 radical (unpaired) electrons. The second-order valence-corrected chi connectivity index (χ2v) is 9.69. The molecule has 0 spiro atoms. The van der Waals surface area contributed by atoms with Crippen molar-refractivity contribution in [3.8, 4) is 0 Å². The fourth-order valence-electron chi connectivity index (χ4n) is 3.28. The van der Waals surface area contributed by atoms with Gasteiger partial charge in [-0.1, -0.05) is 35.3 Å². The van der Waals surface area contributed by atoms with Gasteiger partial charge >= 0.3 is 6.03 Å². The number of hydrogen-bond acceptors (Lipinski definition) is 4. The van der Waals surface area contributed by atoms with Gasteiger partial charge in [0.2, 0.25) is 5.91 Å². The lowest BCUT2D eigenvalue weighted by atomic mass is 10.2. The van der Waals surface area contributed by atoms with E-state index < -0.39 is 6.03 Å². The van der Waals surface area contributed by atoms with E-state index in [1.807, 2.05) is 18.4 Å². The Kier molecular flexibility index (Phi) is 9.92. The molecular formula is C25H26Cl2FN3O3S. The van der Waals surface area contributed by atoms with Gasteiger partial charge in [0.25, 0.3) is 0 Å². The predicted molar refractivity (Wildman–Crippen MR) is 139 cm³/mol. The first-order valence-corrected chi connectivity index (χ1v) is 12.5. The van der Waals surface area contributed by atoms with Gasteiger partial charge in [0.1, 0.15) is 12.4 Å². The first-order valence-electron chi connectivity index (χ1n) is 10.8. The van der Waals surface area contributed by atoms with Crippen LogP contribution in [0.25, 0.3) is 0 Å². The SMILES string of the molecule is COCCN(CC(=O)N(Cc1ccc(F)cc1)Cc1sccc1C)C(=O)Nc1ccc(Cl)c(Cl)c1. The number of thiophene rings is 1. The van der Waals surface area contributed by atoms with Crippen LogP contribution in [0.1, 0.15) is 16.0 Å². The van der Waals surface area contributed by atoms with Crippen LogP contribution in [0.5, 0.6) is 0 Å². The van der Waals surface area contributed by atoms with Crippen LogP contribution in [0.15, 0.2) is 53.9 Å². The number of rotatable bonds is 10. The zero-order chi connectivity index (χ0) is 25.4. The fraction of sp³-hybridized carbons (Fsp3) is 0.280. The molecule has 0 saturated carbocycles. The number of hydrogen-bond donors (Lipinski definition) is 1. The summed E-state index contributed by atoms with van der Waals surface area (Å²) in [5, 5.41) is 5.40. The van der Waals surface area contributed by atoms with Crippen molar-refractivity contribution in [3.05, 3.63) is 85.8 Å². The van der Waals surface area contributed by atoms with E-state index in [1.54, 1.807) is 46.6 Å². The van der Waals surface area contributed by atoms with Gasteiger partial charge in [-0.05, 0) is 59.8 Å². The van der Waals surface area contributed by atoms with Gasteiger partial charge in [-0.25, -0.2) is 9.18 Å². The summed E-state index contributed by atoms with van der Waals surface area (Å²) in [5.41, 5.74) is 2.33. The number of nitrogens with one attached hydrogen (secondary N) is 1. The van der Waals surface area contributed by atoms with Crippen LogP contribution >= 0.6 is 34.5 Å². The van der Waals surface area contributed by atoms with Crippen LogP contribution in [-0.2, 0) is 22.6 Å². The molecule has 3 rings (SSSR count). The molecule has 2 aromatic carbocycles. The molecule has 186 valence electrons. The molecule has 0 aliphatic carbocycles. The van der Waals surface area contributed by atoms with E-state index in [4.69, 9.17) is 27.9 Å². The number of benzene rings is 2. The first kappa shape index (κ1) is 26.9. The Hall–Kier alpha value is -2.65. The Morgan fingerprint density at radius 3 is 2.40 bits per heavy atom. The Bertz CT molecular complexity index is 1160. The molecule has 0 bridgehead atoms. The zero-order valence-electron chi connectivity index (χ0n) is 19.4. The Labute approximate surface area is 218 Å². The molecule has 1 aromatic heterocycles. The number of ether oxygens (including phenoxy) is 1. The number of amides is 3. The molecular weight excluding hydrogens is 512 g/mol. The van der Waals surface area contributed by atoms with E-state index in [1.165, 1.54) is 24.1 Å². The number of urea groups is 1. The fourth-order valence-corrected chi connectivity index (χ4v) is 4.49. The van der Waals surface area contributed by atoms with E-state index in [9.17, 15) is 14.0 Å². The molecule has 0 fully saturated rings. The average Bonchev–Trinajstić information content (AvgIpc) is 3.24. The van der Waals surface area contributed by atoms with Crippen LogP contribution in [-0.4, -0.2) is 48.5 Å². The lowest BCUT2D eigenvalue weighted by Crippen LogP contribution is -2.45. The summed E-state index contributed by atoms with van der Waals surface area (Å²) in [6.45, 7) is 2.95. The molecule has 1 heterocycles. The van der Waals surface area contributed by atoms with E-state index in [0.29, 0.717) is 22.3 Å². The van der Waals surface area contributed by atoms with Gasteiger partial charge in [0, 0.05) is 30.8 Å². The first-order chi connectivity index (χ1) is 16.8. The second-order valence-electron chi connectivity index (χ2n) is 7.88. The lowest BCUT2D eigenvalue weighted by molar-refractivity contribution is -0.133. The number of carbonyl (C=O) groups is 2. The van der Waals surface area contributed by atoms with E-state index in [0.717, 1.165) is 16.0 Å². The van der Waals surface area contributed by atoms with Gasteiger partial charge in [-0.3, -0.25) is 4.79 Å². The molecule has 6 nitrogen and oxygen atoms in total. The Balaban J connectivity index is 1.77. The third-order valence-corrected chi connectivity index (χ3v) is 7.04. The maximum atomic E-state index is 13.4. The van der Waals surface area contributed by atoms with Gasteiger partial charge in [0.15, 0.2) is 0 Å². The van der Waals surface area contributed by atoms with Crippen molar-refractivity contribution in [1.82, 2.24) is 9.80 Å². The summed E-state index contributed by atoms with van der Waals surface area (Å²) in [6, 6.07) is 12.3. The van der Waals surface area contributed by atoms with E-state index >= 15 is 0 Å². The van der Waals surface area contributed by atoms with Crippen LogP contribution in [0.4, 0.5) is 14.9 Å². The van der Waals surface area contributed by atoms with Crippen LogP contribution in [0.3, 0.4) is 0 Å². The summed E-state index contributed by atoms with van der Waals surface area (Å²) >= 11 is 13.6. The Morgan fingerprint density at radius 1 is 1.03 bits per heavy atom. The predicted octanol–water partition coefficient (Wildman–Crippen LogP) is 6.21. The highest BCUT2D eigenvalue weighted by Gasteiger charge is 2.23. The van der Waals surface area contributed by atoms with Gasteiger partial charge < -0.3 is 19.9 Å². The molecule has 3 aromatic rings. The smallest absolute Gasteiger partial charge is 0.322 e. The van der Waals surface area contributed by atoms with Crippen molar-refractivity contribution in [2.45, 2.75) is 20.0 Å². The average molecular weight is 538 g/mol. The molecule has 10 heteroatoms. The largest absolute Gasteiger partial charge is 0.383 e. The van der Waals surface area contributed by atoms with E-state index in [-0.39, 0.29) is 38.0 Å². The van der Waals surface area contributed by atoms with Crippen molar-refractivity contribution < 1.29 is 18.7 Å². The quantitative estimate of drug-likeness (QED) is 0.334. The third kappa shape index (κ3) is 7.93. The summed E-state index contributed by atoms with van der Waals surface area (Å²) in [5.74, 6) is -0.590. The van der Waals surface area contributed by atoms with Gasteiger partial charge in [0.05, 0.1) is 23.2 Å². The van der Waals surface area contributed by atoms with Crippen molar-refractivity contribution in [2.75, 3.05) is 32.1 Å². The summed E-state index contributed by atoms with van der Waals surface area (Å²) < 4.78 is 18.5. The van der Waals surface area contributed by atoms with Crippen LogP contribution in [0.2, 0.25) is 10.0 Å². The molecule has 1 N–H and O–H groups in total. The summed E-state index contributed by atoms with van der Waals surface area (Å²) in [7, 11) is 1.53. The highest BCUT2D eigenvalue weighted by Crippen LogP contribution is 2.25. The van der Waals surface area contributed by atoms with Gasteiger partial charge in [-0.2, -0.15) is 0 Å². The number of methoxy groups -OCH3 is 1. The number of anilines is 1. The molecule has 0 aliphatic rings. The molecule has 0 atom stereocenters. The normalized spacial score (nSPS) is 10.8. The van der Waals surface area contributed by atoms with Gasteiger partial charge in [-0.15, -0.1) is 11.3 Å². The molecule has 0 aliphatic heterocycles. The highest BCUT2D eigenvalue weighted by molar-refractivity contribution is 7.10. The number of aryl methyl sites for hydroxylation is 1. The lowest BCUT2D eigenvalue weighted by Gasteiger charge is -2.28. The van der Waals surface area contributed by atoms with Crippen molar-refractivity contribution in [2.24, 2.45) is 0 Å². The summed E-state index contributed by atoms with van der Waals surface area (Å²) in [6.07, 6.45) is 0. The topological polar surface area (TPSA) is 61.9 Å². The minimum atomic E-state index is -0.470. The molecule has 0 unspecified atom stereocenters. The third-order valence-electron chi connectivity index (χ3n) is 5.29. The second kappa shape index (κ2) is 12.9. The number of nitrogens with zero attached hydrogens (tertiary/aromatic N) is 2. The minimum absolute atomic E-state index is 0.165. The summed E-state index contributed by atoms with van der Waals surface area (Å²) in [4.78, 5) is 30.5. The minimum Gasteiger partial charge on any atom is -0.383 e. The number of carbonyl (C=O) groups excluding carboxylic acids is 2. The van der Waals surface area contributed by atoms with Crippen molar-refractivity contribution >= 4 is 52.2 Å².